The fourth-order valence-electron chi connectivity index (χ4n) is 5.70. The van der Waals surface area contributed by atoms with Crippen LogP contribution in [0.4, 0.5) is 4.39 Å². The van der Waals surface area contributed by atoms with Crippen LogP contribution in [-0.4, -0.2) is 33.2 Å². The van der Waals surface area contributed by atoms with Crippen molar-refractivity contribution in [3.8, 4) is 17.1 Å². The largest absolute Gasteiger partial charge is 0.463 e. The second kappa shape index (κ2) is 6.56. The maximum atomic E-state index is 13.7. The van der Waals surface area contributed by atoms with Crippen LogP contribution in [0.25, 0.3) is 17.1 Å². The molecule has 2 bridgehead atoms. The van der Waals surface area contributed by atoms with Crippen LogP contribution in [0.15, 0.2) is 53.1 Å². The first kappa shape index (κ1) is 19.1. The summed E-state index contributed by atoms with van der Waals surface area (Å²) < 4.78 is 20.6. The van der Waals surface area contributed by atoms with Crippen molar-refractivity contribution in [1.82, 2.24) is 14.7 Å². The van der Waals surface area contributed by atoms with Gasteiger partial charge < -0.3 is 9.32 Å². The summed E-state index contributed by atoms with van der Waals surface area (Å²) in [6, 6.07) is 11.7. The van der Waals surface area contributed by atoms with Crippen LogP contribution in [0.1, 0.15) is 50.5 Å². The molecule has 0 spiro atoms. The second-order valence-corrected chi connectivity index (χ2v) is 9.93. The first-order valence-electron chi connectivity index (χ1n) is 10.4. The van der Waals surface area contributed by atoms with Crippen molar-refractivity contribution in [2.45, 2.75) is 46.1 Å². The molecule has 1 amide bonds. The van der Waals surface area contributed by atoms with Crippen LogP contribution in [0.2, 0.25) is 0 Å². The quantitative estimate of drug-likeness (QED) is 0.591. The lowest BCUT2D eigenvalue weighted by atomic mass is 9.65. The number of halogens is 1. The Morgan fingerprint density at radius 2 is 1.93 bits per heavy atom. The lowest BCUT2D eigenvalue weighted by Gasteiger charge is -2.39. The van der Waals surface area contributed by atoms with Gasteiger partial charge in [-0.2, -0.15) is 5.10 Å². The van der Waals surface area contributed by atoms with Gasteiger partial charge in [-0.15, -0.1) is 0 Å². The van der Waals surface area contributed by atoms with Gasteiger partial charge in [0.15, 0.2) is 5.76 Å². The Bertz CT molecular complexity index is 1080. The Labute approximate surface area is 175 Å². The highest BCUT2D eigenvalue weighted by Crippen LogP contribution is 2.52. The van der Waals surface area contributed by atoms with E-state index in [-0.39, 0.29) is 28.6 Å². The average Bonchev–Trinajstić information content (AvgIpc) is 3.38. The van der Waals surface area contributed by atoms with Gasteiger partial charge in [0.25, 0.3) is 5.91 Å². The van der Waals surface area contributed by atoms with E-state index in [4.69, 9.17) is 4.42 Å². The molecule has 2 aromatic heterocycles. The standard InChI is InChI=1S/C24H26FN3O2/c1-23(2)12-18-13-24(3,14-23)15-27(18)22(29)20-11-19(21-5-4-10-30-21)26-28(20)17-8-6-16(25)7-9-17/h4-11,18H,12-15H2,1-3H3. The number of furan rings is 1. The Kier molecular flexibility index (Phi) is 4.17. The summed E-state index contributed by atoms with van der Waals surface area (Å²) in [4.78, 5) is 15.8. The molecule has 5 nitrogen and oxygen atoms in total. The molecule has 1 saturated heterocycles. The van der Waals surface area contributed by atoms with E-state index < -0.39 is 0 Å². The topological polar surface area (TPSA) is 51.3 Å². The van der Waals surface area contributed by atoms with E-state index in [0.717, 1.165) is 25.8 Å². The van der Waals surface area contributed by atoms with E-state index >= 15 is 0 Å². The van der Waals surface area contributed by atoms with Crippen LogP contribution in [0, 0.1) is 16.6 Å². The van der Waals surface area contributed by atoms with E-state index in [2.05, 4.69) is 25.9 Å². The summed E-state index contributed by atoms with van der Waals surface area (Å²) in [5, 5.41) is 4.63. The van der Waals surface area contributed by atoms with Gasteiger partial charge >= 0.3 is 0 Å². The number of rotatable bonds is 3. The fraction of sp³-hybridized carbons (Fsp3) is 0.417. The first-order chi connectivity index (χ1) is 14.2. The van der Waals surface area contributed by atoms with Gasteiger partial charge in [0.1, 0.15) is 17.2 Å². The molecule has 5 rings (SSSR count). The van der Waals surface area contributed by atoms with Crippen LogP contribution in [0.3, 0.4) is 0 Å². The highest BCUT2D eigenvalue weighted by Gasteiger charge is 2.51. The number of hydrogen-bond donors (Lipinski definition) is 0. The minimum Gasteiger partial charge on any atom is -0.463 e. The van der Waals surface area contributed by atoms with E-state index in [1.54, 1.807) is 35.2 Å². The molecule has 1 aromatic carbocycles. The monoisotopic (exact) mass is 407 g/mol. The summed E-state index contributed by atoms with van der Waals surface area (Å²) in [5.41, 5.74) is 2.07. The molecule has 2 aliphatic rings. The molecule has 1 aliphatic carbocycles. The summed E-state index contributed by atoms with van der Waals surface area (Å²) in [6.07, 6.45) is 4.75. The van der Waals surface area contributed by atoms with Crippen molar-refractivity contribution >= 4 is 5.91 Å². The lowest BCUT2D eigenvalue weighted by molar-refractivity contribution is 0.0699. The Morgan fingerprint density at radius 1 is 1.17 bits per heavy atom. The SMILES string of the molecule is CC1(C)CC2CC(C)(CN2C(=O)c2cc(-c3ccco3)nn2-c2ccc(F)cc2)C1. The maximum Gasteiger partial charge on any atom is 0.272 e. The van der Waals surface area contributed by atoms with Crippen molar-refractivity contribution in [3.63, 3.8) is 0 Å². The molecule has 2 unspecified atom stereocenters. The molecule has 3 aromatic rings. The molecule has 30 heavy (non-hydrogen) atoms. The van der Waals surface area contributed by atoms with E-state index in [1.807, 2.05) is 11.0 Å². The van der Waals surface area contributed by atoms with Gasteiger partial charge in [-0.1, -0.05) is 20.8 Å². The maximum absolute atomic E-state index is 13.7. The molecular formula is C24H26FN3O2. The predicted molar refractivity (Wildman–Crippen MR) is 112 cm³/mol. The Hall–Kier alpha value is -2.89. The summed E-state index contributed by atoms with van der Waals surface area (Å²) in [5.74, 6) is 0.239. The van der Waals surface area contributed by atoms with Crippen molar-refractivity contribution in [2.75, 3.05) is 6.54 Å². The van der Waals surface area contributed by atoms with E-state index in [9.17, 15) is 9.18 Å². The van der Waals surface area contributed by atoms with Crippen molar-refractivity contribution in [3.05, 3.63) is 60.2 Å². The molecule has 2 fully saturated rings. The van der Waals surface area contributed by atoms with Crippen molar-refractivity contribution < 1.29 is 13.6 Å². The summed E-state index contributed by atoms with van der Waals surface area (Å²) >= 11 is 0. The van der Waals surface area contributed by atoms with Gasteiger partial charge in [0.2, 0.25) is 0 Å². The van der Waals surface area contributed by atoms with E-state index in [0.29, 0.717) is 22.8 Å². The highest BCUT2D eigenvalue weighted by atomic mass is 19.1. The number of carbonyl (C=O) groups is 1. The van der Waals surface area contributed by atoms with Crippen LogP contribution in [0.5, 0.6) is 0 Å². The number of fused-ring (bicyclic) bond motifs is 2. The summed E-state index contributed by atoms with van der Waals surface area (Å²) in [6.45, 7) is 7.64. The van der Waals surface area contributed by atoms with Gasteiger partial charge in [-0.05, 0) is 66.5 Å². The zero-order valence-electron chi connectivity index (χ0n) is 17.6. The minimum atomic E-state index is -0.325. The third kappa shape index (κ3) is 3.24. The van der Waals surface area contributed by atoms with Gasteiger partial charge in [-0.3, -0.25) is 4.79 Å². The zero-order valence-corrected chi connectivity index (χ0v) is 17.6. The van der Waals surface area contributed by atoms with Gasteiger partial charge in [0, 0.05) is 18.7 Å². The second-order valence-electron chi connectivity index (χ2n) is 9.93. The van der Waals surface area contributed by atoms with Crippen LogP contribution in [-0.2, 0) is 0 Å². The normalized spacial score (nSPS) is 24.9. The Balaban J connectivity index is 1.56. The van der Waals surface area contributed by atoms with Gasteiger partial charge in [0.05, 0.1) is 12.0 Å². The molecule has 1 saturated carbocycles. The third-order valence-electron chi connectivity index (χ3n) is 6.45. The van der Waals surface area contributed by atoms with Crippen molar-refractivity contribution in [2.24, 2.45) is 10.8 Å². The number of benzene rings is 1. The fourth-order valence-corrected chi connectivity index (χ4v) is 5.70. The number of carbonyl (C=O) groups excluding carboxylic acids is 1. The van der Waals surface area contributed by atoms with Crippen LogP contribution < -0.4 is 0 Å². The number of likely N-dealkylation sites (tertiary alicyclic amines) is 1. The van der Waals surface area contributed by atoms with Crippen LogP contribution >= 0.6 is 0 Å². The first-order valence-corrected chi connectivity index (χ1v) is 10.4. The number of aromatic nitrogens is 2. The highest BCUT2D eigenvalue weighted by molar-refractivity contribution is 5.94. The van der Waals surface area contributed by atoms with Gasteiger partial charge in [-0.25, -0.2) is 9.07 Å². The zero-order chi connectivity index (χ0) is 21.1. The summed E-state index contributed by atoms with van der Waals surface area (Å²) in [7, 11) is 0. The molecule has 0 radical (unpaired) electrons. The number of hydrogen-bond acceptors (Lipinski definition) is 3. The smallest absolute Gasteiger partial charge is 0.272 e. The van der Waals surface area contributed by atoms with E-state index in [1.165, 1.54) is 12.1 Å². The molecule has 1 aliphatic heterocycles. The lowest BCUT2D eigenvalue weighted by Crippen LogP contribution is -2.38. The molecule has 6 heteroatoms. The Morgan fingerprint density at radius 3 is 2.63 bits per heavy atom. The average molecular weight is 407 g/mol. The third-order valence-corrected chi connectivity index (χ3v) is 6.45. The number of nitrogens with zero attached hydrogens (tertiary/aromatic N) is 3. The molecular weight excluding hydrogens is 381 g/mol. The number of amides is 1. The van der Waals surface area contributed by atoms with Crippen molar-refractivity contribution in [1.29, 1.82) is 0 Å². The molecule has 0 N–H and O–H groups in total. The minimum absolute atomic E-state index is 0.0314. The molecule has 156 valence electrons. The molecule has 3 heterocycles. The predicted octanol–water partition coefficient (Wildman–Crippen LogP) is 5.31. The molecule has 2 atom stereocenters.